The van der Waals surface area contributed by atoms with Crippen LogP contribution >= 0.6 is 0 Å². The molecule has 2 unspecified atom stereocenters. The Hall–Kier alpha value is -1.03. The number of benzene rings is 1. The monoisotopic (exact) mass is 271 g/mol. The minimum absolute atomic E-state index is 0.0461. The maximum Gasteiger partial charge on any atom is 0.391 e. The Labute approximate surface area is 112 Å². The van der Waals surface area contributed by atoms with Crippen LogP contribution in [0.5, 0.6) is 0 Å². The predicted octanol–water partition coefficient (Wildman–Crippen LogP) is 3.99. The van der Waals surface area contributed by atoms with Crippen LogP contribution in [0.2, 0.25) is 0 Å². The molecule has 0 heterocycles. The zero-order valence-electron chi connectivity index (χ0n) is 11.1. The lowest BCUT2D eigenvalue weighted by atomic mass is 9.73. The Morgan fingerprint density at radius 2 is 2.11 bits per heavy atom. The van der Waals surface area contributed by atoms with Gasteiger partial charge >= 0.3 is 6.18 Å². The van der Waals surface area contributed by atoms with Crippen molar-refractivity contribution in [2.24, 2.45) is 11.7 Å². The Balaban J connectivity index is 2.10. The van der Waals surface area contributed by atoms with Crippen molar-refractivity contribution < 1.29 is 13.2 Å². The molecule has 0 saturated heterocycles. The van der Waals surface area contributed by atoms with Crippen LogP contribution in [0.1, 0.15) is 36.8 Å². The van der Waals surface area contributed by atoms with Crippen molar-refractivity contribution >= 4 is 0 Å². The van der Waals surface area contributed by atoms with Crippen LogP contribution < -0.4 is 5.73 Å². The lowest BCUT2D eigenvalue weighted by Gasteiger charge is -2.39. The van der Waals surface area contributed by atoms with E-state index in [4.69, 9.17) is 5.73 Å². The lowest BCUT2D eigenvalue weighted by Crippen LogP contribution is -2.48. The van der Waals surface area contributed by atoms with Crippen LogP contribution in [0.25, 0.3) is 0 Å². The molecule has 0 bridgehead atoms. The van der Waals surface area contributed by atoms with Gasteiger partial charge in [0.1, 0.15) is 0 Å². The minimum Gasteiger partial charge on any atom is -0.325 e. The molecule has 1 aliphatic rings. The summed E-state index contributed by atoms with van der Waals surface area (Å²) in [5, 5.41) is 0. The standard InChI is InChI=1S/C15H20F3N/c1-11-4-2-5-12(8-11)9-14(19)7-3-6-13(10-14)15(16,17)18/h2,4-5,8,13H,3,6-7,9-10,19H2,1H3. The summed E-state index contributed by atoms with van der Waals surface area (Å²) in [6, 6.07) is 7.86. The molecule has 106 valence electrons. The van der Waals surface area contributed by atoms with E-state index < -0.39 is 17.6 Å². The zero-order chi connectivity index (χ0) is 14.1. The van der Waals surface area contributed by atoms with E-state index >= 15 is 0 Å². The zero-order valence-corrected chi connectivity index (χ0v) is 11.1. The van der Waals surface area contributed by atoms with Crippen molar-refractivity contribution in [1.82, 2.24) is 0 Å². The van der Waals surface area contributed by atoms with Gasteiger partial charge in [-0.2, -0.15) is 13.2 Å². The van der Waals surface area contributed by atoms with Gasteiger partial charge in [0.05, 0.1) is 5.92 Å². The van der Waals surface area contributed by atoms with Gasteiger partial charge < -0.3 is 5.73 Å². The molecule has 19 heavy (non-hydrogen) atoms. The maximum atomic E-state index is 12.8. The third kappa shape index (κ3) is 3.72. The van der Waals surface area contributed by atoms with Gasteiger partial charge in [-0.15, -0.1) is 0 Å². The molecule has 1 aromatic carbocycles. The number of rotatable bonds is 2. The van der Waals surface area contributed by atoms with E-state index in [9.17, 15) is 13.2 Å². The smallest absolute Gasteiger partial charge is 0.325 e. The van der Waals surface area contributed by atoms with Gasteiger partial charge in [0, 0.05) is 5.54 Å². The summed E-state index contributed by atoms with van der Waals surface area (Å²) in [5.74, 6) is -1.24. The molecule has 1 aromatic rings. The first-order chi connectivity index (χ1) is 8.78. The number of nitrogens with two attached hydrogens (primary N) is 1. The Morgan fingerprint density at radius 1 is 1.37 bits per heavy atom. The number of hydrogen-bond donors (Lipinski definition) is 1. The highest BCUT2D eigenvalue weighted by Gasteiger charge is 2.46. The molecule has 2 rings (SSSR count). The number of halogens is 3. The summed E-state index contributed by atoms with van der Waals surface area (Å²) < 4.78 is 38.5. The fourth-order valence-corrected chi connectivity index (χ4v) is 3.06. The lowest BCUT2D eigenvalue weighted by molar-refractivity contribution is -0.187. The normalized spacial score (nSPS) is 28.4. The second-order valence-corrected chi connectivity index (χ2v) is 5.86. The molecule has 4 heteroatoms. The predicted molar refractivity (Wildman–Crippen MR) is 69.8 cm³/mol. The fraction of sp³-hybridized carbons (Fsp3) is 0.600. The molecule has 0 aromatic heterocycles. The average Bonchev–Trinajstić information content (AvgIpc) is 2.27. The molecule has 0 aliphatic heterocycles. The third-order valence-corrected chi connectivity index (χ3v) is 3.98. The van der Waals surface area contributed by atoms with Gasteiger partial charge in [0.15, 0.2) is 0 Å². The van der Waals surface area contributed by atoms with E-state index in [1.807, 2.05) is 31.2 Å². The van der Waals surface area contributed by atoms with E-state index in [2.05, 4.69) is 0 Å². The molecular weight excluding hydrogens is 251 g/mol. The highest BCUT2D eigenvalue weighted by molar-refractivity contribution is 5.24. The number of hydrogen-bond acceptors (Lipinski definition) is 1. The summed E-state index contributed by atoms with van der Waals surface area (Å²) in [4.78, 5) is 0. The second-order valence-electron chi connectivity index (χ2n) is 5.86. The van der Waals surface area contributed by atoms with E-state index in [1.54, 1.807) is 0 Å². The van der Waals surface area contributed by atoms with E-state index in [0.29, 0.717) is 19.3 Å². The summed E-state index contributed by atoms with van der Waals surface area (Å²) in [6.07, 6.45) is -2.08. The van der Waals surface area contributed by atoms with Crippen molar-refractivity contribution in [3.05, 3.63) is 35.4 Å². The van der Waals surface area contributed by atoms with E-state index in [1.165, 1.54) is 0 Å². The second kappa shape index (κ2) is 5.16. The first kappa shape index (κ1) is 14.4. The first-order valence-corrected chi connectivity index (χ1v) is 6.70. The van der Waals surface area contributed by atoms with Gasteiger partial charge in [0.25, 0.3) is 0 Å². The Bertz CT molecular complexity index is 441. The SMILES string of the molecule is Cc1cccc(CC2(N)CCCC(C(F)(F)F)C2)c1. The summed E-state index contributed by atoms with van der Waals surface area (Å²) >= 11 is 0. The van der Waals surface area contributed by atoms with Crippen molar-refractivity contribution in [2.75, 3.05) is 0 Å². The van der Waals surface area contributed by atoms with Crippen LogP contribution in [-0.2, 0) is 6.42 Å². The molecule has 2 atom stereocenters. The van der Waals surface area contributed by atoms with Crippen LogP contribution in [0.15, 0.2) is 24.3 Å². The van der Waals surface area contributed by atoms with Crippen molar-refractivity contribution in [3.8, 4) is 0 Å². The largest absolute Gasteiger partial charge is 0.391 e. The highest BCUT2D eigenvalue weighted by Crippen LogP contribution is 2.41. The van der Waals surface area contributed by atoms with Crippen LogP contribution in [-0.4, -0.2) is 11.7 Å². The molecule has 1 nitrogen and oxygen atoms in total. The quantitative estimate of drug-likeness (QED) is 0.864. The van der Waals surface area contributed by atoms with Crippen molar-refractivity contribution in [2.45, 2.75) is 50.7 Å². The maximum absolute atomic E-state index is 12.8. The molecule has 1 saturated carbocycles. The fourth-order valence-electron chi connectivity index (χ4n) is 3.06. The third-order valence-electron chi connectivity index (χ3n) is 3.98. The Morgan fingerprint density at radius 3 is 2.74 bits per heavy atom. The van der Waals surface area contributed by atoms with Crippen molar-refractivity contribution in [1.29, 1.82) is 0 Å². The molecule has 0 amide bonds. The van der Waals surface area contributed by atoms with Crippen molar-refractivity contribution in [3.63, 3.8) is 0 Å². The molecule has 1 fully saturated rings. The van der Waals surface area contributed by atoms with E-state index in [-0.39, 0.29) is 12.8 Å². The Kier molecular flexibility index (Phi) is 3.90. The highest BCUT2D eigenvalue weighted by atomic mass is 19.4. The molecule has 2 N–H and O–H groups in total. The molecule has 0 spiro atoms. The summed E-state index contributed by atoms with van der Waals surface area (Å²) in [7, 11) is 0. The first-order valence-electron chi connectivity index (χ1n) is 6.70. The van der Waals surface area contributed by atoms with E-state index in [0.717, 1.165) is 11.1 Å². The van der Waals surface area contributed by atoms with Gasteiger partial charge in [0.2, 0.25) is 0 Å². The molecule has 0 radical (unpaired) electrons. The topological polar surface area (TPSA) is 26.0 Å². The van der Waals surface area contributed by atoms with Gasteiger partial charge in [-0.1, -0.05) is 36.2 Å². The minimum atomic E-state index is -4.11. The van der Waals surface area contributed by atoms with Crippen LogP contribution in [0.4, 0.5) is 13.2 Å². The molecule has 1 aliphatic carbocycles. The van der Waals surface area contributed by atoms with Gasteiger partial charge in [-0.3, -0.25) is 0 Å². The molecular formula is C15H20F3N. The van der Waals surface area contributed by atoms with Gasteiger partial charge in [-0.05, 0) is 38.2 Å². The summed E-state index contributed by atoms with van der Waals surface area (Å²) in [6.45, 7) is 1.98. The van der Waals surface area contributed by atoms with Gasteiger partial charge in [-0.25, -0.2) is 0 Å². The summed E-state index contributed by atoms with van der Waals surface area (Å²) in [5.41, 5.74) is 7.66. The average molecular weight is 271 g/mol. The van der Waals surface area contributed by atoms with Crippen LogP contribution in [0.3, 0.4) is 0 Å². The number of alkyl halides is 3. The number of aryl methyl sites for hydroxylation is 1. The van der Waals surface area contributed by atoms with Crippen LogP contribution in [0, 0.1) is 12.8 Å².